The first-order valence-corrected chi connectivity index (χ1v) is 7.94. The number of hydrogen-bond acceptors (Lipinski definition) is 1. The van der Waals surface area contributed by atoms with E-state index in [0.29, 0.717) is 0 Å². The van der Waals surface area contributed by atoms with Gasteiger partial charge < -0.3 is 4.57 Å². The van der Waals surface area contributed by atoms with E-state index >= 15 is 0 Å². The molecular formula is C15H17OP. The minimum atomic E-state index is -2.44. The molecule has 0 bridgehead atoms. The third kappa shape index (κ3) is 2.68. The normalized spacial score (nSPS) is 18.9. The Morgan fingerprint density at radius 2 is 1.82 bits per heavy atom. The molecule has 0 aliphatic heterocycles. The summed E-state index contributed by atoms with van der Waals surface area (Å²) in [5.74, 6) is 0. The summed E-state index contributed by atoms with van der Waals surface area (Å²) in [6.45, 7) is 3.93. The third-order valence-electron chi connectivity index (χ3n) is 3.01. The molecule has 0 aromatic heterocycles. The molecular weight excluding hydrogens is 227 g/mol. The van der Waals surface area contributed by atoms with Crippen LogP contribution in [0.5, 0.6) is 0 Å². The van der Waals surface area contributed by atoms with Crippen molar-refractivity contribution in [3.63, 3.8) is 0 Å². The summed E-state index contributed by atoms with van der Waals surface area (Å²) >= 11 is 0. The maximum absolute atomic E-state index is 12.9. The zero-order valence-electron chi connectivity index (χ0n) is 10.3. The van der Waals surface area contributed by atoms with Crippen molar-refractivity contribution in [2.45, 2.75) is 13.3 Å². The molecule has 0 N–H and O–H groups in total. The Labute approximate surface area is 103 Å². The molecule has 1 aliphatic rings. The lowest BCUT2D eigenvalue weighted by molar-refractivity contribution is 0.589. The van der Waals surface area contributed by atoms with E-state index in [2.05, 4.69) is 19.1 Å². The molecule has 1 aliphatic carbocycles. The highest BCUT2D eigenvalue weighted by molar-refractivity contribution is 7.75. The van der Waals surface area contributed by atoms with Gasteiger partial charge in [-0.3, -0.25) is 0 Å². The molecule has 0 saturated carbocycles. The second-order valence-corrected chi connectivity index (χ2v) is 7.35. The molecule has 1 atom stereocenters. The van der Waals surface area contributed by atoms with Crippen molar-refractivity contribution in [3.8, 4) is 0 Å². The number of rotatable bonds is 2. The SMILES string of the molecule is CC1=CC=C(P(C)(=O)c2ccccc2)C=CC1. The van der Waals surface area contributed by atoms with Crippen LogP contribution < -0.4 is 5.30 Å². The molecule has 0 heterocycles. The average Bonchev–Trinajstić information content (AvgIpc) is 2.55. The van der Waals surface area contributed by atoms with Crippen molar-refractivity contribution in [1.82, 2.24) is 0 Å². The Kier molecular flexibility index (Phi) is 3.49. The Morgan fingerprint density at radius 1 is 1.12 bits per heavy atom. The molecule has 0 saturated heterocycles. The van der Waals surface area contributed by atoms with Crippen LogP contribution in [-0.4, -0.2) is 6.66 Å². The average molecular weight is 244 g/mol. The molecule has 88 valence electrons. The Hall–Kier alpha value is -1.33. The molecule has 17 heavy (non-hydrogen) atoms. The van der Waals surface area contributed by atoms with Gasteiger partial charge in [-0.1, -0.05) is 60.2 Å². The van der Waals surface area contributed by atoms with Gasteiger partial charge in [0.1, 0.15) is 7.14 Å². The lowest BCUT2D eigenvalue weighted by atomic mass is 10.2. The predicted octanol–water partition coefficient (Wildman–Crippen LogP) is 4.09. The molecule has 0 amide bonds. The van der Waals surface area contributed by atoms with Gasteiger partial charge in [0.2, 0.25) is 0 Å². The molecule has 1 aromatic rings. The summed E-state index contributed by atoms with van der Waals surface area (Å²) in [6, 6.07) is 9.71. The van der Waals surface area contributed by atoms with Gasteiger partial charge in [0.25, 0.3) is 0 Å². The van der Waals surface area contributed by atoms with Crippen LogP contribution in [0.1, 0.15) is 13.3 Å². The van der Waals surface area contributed by atoms with E-state index < -0.39 is 7.14 Å². The second-order valence-electron chi connectivity index (χ2n) is 4.47. The topological polar surface area (TPSA) is 17.1 Å². The Morgan fingerprint density at radius 3 is 2.53 bits per heavy atom. The Bertz CT molecular complexity index is 535. The highest BCUT2D eigenvalue weighted by Gasteiger charge is 2.21. The van der Waals surface area contributed by atoms with Crippen LogP contribution in [0.4, 0.5) is 0 Å². The van der Waals surface area contributed by atoms with Crippen LogP contribution in [0.15, 0.2) is 65.5 Å². The van der Waals surface area contributed by atoms with Crippen molar-refractivity contribution in [2.24, 2.45) is 0 Å². The van der Waals surface area contributed by atoms with E-state index in [1.165, 1.54) is 5.57 Å². The zero-order chi connectivity index (χ0) is 12.3. The summed E-state index contributed by atoms with van der Waals surface area (Å²) in [5, 5.41) is 1.85. The lowest BCUT2D eigenvalue weighted by Crippen LogP contribution is -2.03. The summed E-state index contributed by atoms with van der Waals surface area (Å²) in [7, 11) is -2.44. The van der Waals surface area contributed by atoms with Crippen molar-refractivity contribution >= 4 is 12.4 Å². The minimum Gasteiger partial charge on any atom is -0.314 e. The van der Waals surface area contributed by atoms with Crippen LogP contribution in [0.2, 0.25) is 0 Å². The van der Waals surface area contributed by atoms with Gasteiger partial charge in [0.05, 0.1) is 0 Å². The van der Waals surface area contributed by atoms with Gasteiger partial charge in [0.15, 0.2) is 0 Å². The number of allylic oxidation sites excluding steroid dienone is 6. The maximum atomic E-state index is 12.9. The lowest BCUT2D eigenvalue weighted by Gasteiger charge is -2.14. The minimum absolute atomic E-state index is 0.920. The van der Waals surface area contributed by atoms with Gasteiger partial charge in [-0.25, -0.2) is 0 Å². The van der Waals surface area contributed by atoms with Gasteiger partial charge in [-0.2, -0.15) is 0 Å². The second kappa shape index (κ2) is 4.89. The van der Waals surface area contributed by atoms with Gasteiger partial charge in [0, 0.05) is 10.6 Å². The zero-order valence-corrected chi connectivity index (χ0v) is 11.2. The fraction of sp³-hybridized carbons (Fsp3) is 0.200. The molecule has 2 rings (SSSR count). The van der Waals surface area contributed by atoms with Crippen molar-refractivity contribution in [2.75, 3.05) is 6.66 Å². The van der Waals surface area contributed by atoms with E-state index in [0.717, 1.165) is 17.0 Å². The first kappa shape index (κ1) is 12.1. The molecule has 0 spiro atoms. The van der Waals surface area contributed by atoms with Gasteiger partial charge in [-0.15, -0.1) is 0 Å². The van der Waals surface area contributed by atoms with Crippen molar-refractivity contribution in [3.05, 3.63) is 65.5 Å². The largest absolute Gasteiger partial charge is 0.314 e. The molecule has 0 radical (unpaired) electrons. The number of benzene rings is 1. The molecule has 2 heteroatoms. The van der Waals surface area contributed by atoms with Gasteiger partial charge in [-0.05, 0) is 20.0 Å². The van der Waals surface area contributed by atoms with Crippen molar-refractivity contribution < 1.29 is 4.57 Å². The van der Waals surface area contributed by atoms with Crippen LogP contribution in [0, 0.1) is 0 Å². The molecule has 1 nitrogen and oxygen atoms in total. The van der Waals surface area contributed by atoms with E-state index in [-0.39, 0.29) is 0 Å². The third-order valence-corrected chi connectivity index (χ3v) is 5.58. The standard InChI is InChI=1S/C15H17OP/c1-13-7-6-10-15(12-11-13)17(2,16)14-8-4-3-5-9-14/h3-6,8-12H,7H2,1-2H3. The smallest absolute Gasteiger partial charge is 0.140 e. The highest BCUT2D eigenvalue weighted by atomic mass is 31.2. The maximum Gasteiger partial charge on any atom is 0.140 e. The predicted molar refractivity (Wildman–Crippen MR) is 75.2 cm³/mol. The fourth-order valence-electron chi connectivity index (χ4n) is 1.86. The molecule has 0 fully saturated rings. The summed E-state index contributed by atoms with van der Waals surface area (Å²) in [4.78, 5) is 0. The molecule has 1 aromatic carbocycles. The van der Waals surface area contributed by atoms with Gasteiger partial charge >= 0.3 is 0 Å². The summed E-state index contributed by atoms with van der Waals surface area (Å²) in [6.07, 6.45) is 9.08. The summed E-state index contributed by atoms with van der Waals surface area (Å²) in [5.41, 5.74) is 1.30. The van der Waals surface area contributed by atoms with E-state index in [1.54, 1.807) is 0 Å². The molecule has 1 unspecified atom stereocenters. The number of hydrogen-bond donors (Lipinski definition) is 0. The van der Waals surface area contributed by atoms with Crippen LogP contribution >= 0.6 is 7.14 Å². The van der Waals surface area contributed by atoms with E-state index in [1.807, 2.05) is 49.1 Å². The monoisotopic (exact) mass is 244 g/mol. The fourth-order valence-corrected chi connectivity index (χ4v) is 3.65. The van der Waals surface area contributed by atoms with E-state index in [9.17, 15) is 4.57 Å². The summed E-state index contributed by atoms with van der Waals surface area (Å²) < 4.78 is 12.9. The highest BCUT2D eigenvalue weighted by Crippen LogP contribution is 2.50. The first-order valence-electron chi connectivity index (χ1n) is 5.78. The first-order chi connectivity index (χ1) is 8.10. The quantitative estimate of drug-likeness (QED) is 0.716. The van der Waals surface area contributed by atoms with Crippen LogP contribution in [0.3, 0.4) is 0 Å². The van der Waals surface area contributed by atoms with Crippen LogP contribution in [0.25, 0.3) is 0 Å². The van der Waals surface area contributed by atoms with Crippen LogP contribution in [-0.2, 0) is 4.57 Å². The van der Waals surface area contributed by atoms with E-state index in [4.69, 9.17) is 0 Å². The Balaban J connectivity index is 2.43. The van der Waals surface area contributed by atoms with Crippen molar-refractivity contribution in [1.29, 1.82) is 0 Å².